The number of nitrogens with zero attached hydrogens (tertiary/aromatic N) is 3. The van der Waals surface area contributed by atoms with Crippen LogP contribution in [0.3, 0.4) is 0 Å². The van der Waals surface area contributed by atoms with Crippen LogP contribution in [-0.2, 0) is 4.79 Å². The fraction of sp³-hybridized carbons (Fsp3) is 0.524. The lowest BCUT2D eigenvalue weighted by molar-refractivity contribution is -0.133. The van der Waals surface area contributed by atoms with Crippen LogP contribution < -0.4 is 10.6 Å². The average molecular weight is 396 g/mol. The molecule has 154 valence electrons. The van der Waals surface area contributed by atoms with E-state index in [-0.39, 0.29) is 11.8 Å². The number of carbonyl (C=O) groups is 1. The van der Waals surface area contributed by atoms with Crippen molar-refractivity contribution < 1.29 is 9.32 Å². The molecule has 29 heavy (non-hydrogen) atoms. The molecule has 2 saturated heterocycles. The van der Waals surface area contributed by atoms with Gasteiger partial charge in [0.1, 0.15) is 0 Å². The van der Waals surface area contributed by atoms with Gasteiger partial charge in [0.05, 0.1) is 0 Å². The molecule has 8 heteroatoms. The Morgan fingerprint density at radius 2 is 2.10 bits per heavy atom. The maximum atomic E-state index is 12.4. The number of rotatable bonds is 6. The predicted molar refractivity (Wildman–Crippen MR) is 111 cm³/mol. The second-order valence-electron chi connectivity index (χ2n) is 7.98. The Bertz CT molecular complexity index is 896. The van der Waals surface area contributed by atoms with Crippen LogP contribution in [0.2, 0.25) is 0 Å². The predicted octanol–water partition coefficient (Wildman–Crippen LogP) is 2.48. The van der Waals surface area contributed by atoms with Gasteiger partial charge in [0.15, 0.2) is 0 Å². The van der Waals surface area contributed by atoms with Crippen molar-refractivity contribution in [1.82, 2.24) is 20.4 Å². The number of aromatic nitrogens is 2. The van der Waals surface area contributed by atoms with Gasteiger partial charge in [0, 0.05) is 55.0 Å². The van der Waals surface area contributed by atoms with Crippen LogP contribution in [0.25, 0.3) is 11.4 Å². The molecule has 2 aliphatic heterocycles. The van der Waals surface area contributed by atoms with Crippen molar-refractivity contribution in [1.29, 1.82) is 5.41 Å². The molecule has 0 atom stereocenters. The first-order valence-corrected chi connectivity index (χ1v) is 10.2. The zero-order valence-corrected chi connectivity index (χ0v) is 17.0. The van der Waals surface area contributed by atoms with Gasteiger partial charge in [-0.2, -0.15) is 4.98 Å². The van der Waals surface area contributed by atoms with Crippen LogP contribution in [0.1, 0.15) is 43.6 Å². The van der Waals surface area contributed by atoms with E-state index < -0.39 is 0 Å². The van der Waals surface area contributed by atoms with E-state index in [1.165, 1.54) is 0 Å². The SMILES string of the molecule is CNc1cc(-c2noc(C3CCN(C(=O)CC4CNC4)CC3)n2)ccc1C(C)=N. The van der Waals surface area contributed by atoms with Crippen LogP contribution in [0, 0.1) is 11.3 Å². The zero-order chi connectivity index (χ0) is 20.4. The third kappa shape index (κ3) is 4.17. The summed E-state index contributed by atoms with van der Waals surface area (Å²) in [4.78, 5) is 19.0. The molecular weight excluding hydrogens is 368 g/mol. The molecule has 0 unspecified atom stereocenters. The second kappa shape index (κ2) is 8.32. The first kappa shape index (κ1) is 19.6. The van der Waals surface area contributed by atoms with Crippen LogP contribution in [0.4, 0.5) is 5.69 Å². The first-order chi connectivity index (χ1) is 14.0. The number of likely N-dealkylation sites (tertiary alicyclic amines) is 1. The van der Waals surface area contributed by atoms with Crippen LogP contribution in [0.5, 0.6) is 0 Å². The molecule has 2 fully saturated rings. The van der Waals surface area contributed by atoms with E-state index >= 15 is 0 Å². The Kier molecular flexibility index (Phi) is 5.62. The monoisotopic (exact) mass is 396 g/mol. The molecule has 8 nitrogen and oxygen atoms in total. The van der Waals surface area contributed by atoms with E-state index in [0.717, 1.165) is 55.8 Å². The van der Waals surface area contributed by atoms with Gasteiger partial charge >= 0.3 is 0 Å². The molecule has 0 spiro atoms. The van der Waals surface area contributed by atoms with Gasteiger partial charge in [-0.25, -0.2) is 0 Å². The number of piperidine rings is 1. The molecule has 1 aromatic heterocycles. The standard InChI is InChI=1S/C21H28N6O2/c1-13(22)17-4-3-16(10-18(17)23-2)20-25-21(29-26-20)15-5-7-27(8-6-15)19(28)9-14-11-24-12-14/h3-4,10,14-15,22-24H,5-9,11-12H2,1-2H3. The number of nitrogens with one attached hydrogen (secondary N) is 3. The largest absolute Gasteiger partial charge is 0.388 e. The van der Waals surface area contributed by atoms with E-state index in [2.05, 4.69) is 20.8 Å². The highest BCUT2D eigenvalue weighted by molar-refractivity contribution is 6.02. The minimum absolute atomic E-state index is 0.192. The highest BCUT2D eigenvalue weighted by atomic mass is 16.5. The summed E-state index contributed by atoms with van der Waals surface area (Å²) in [5, 5.41) is 18.4. The molecule has 3 heterocycles. The van der Waals surface area contributed by atoms with Crippen molar-refractivity contribution in [2.24, 2.45) is 5.92 Å². The number of carbonyl (C=O) groups excluding carboxylic acids is 1. The Hall–Kier alpha value is -2.74. The highest BCUT2D eigenvalue weighted by Gasteiger charge is 2.29. The maximum Gasteiger partial charge on any atom is 0.230 e. The van der Waals surface area contributed by atoms with E-state index in [1.807, 2.05) is 30.1 Å². The molecule has 1 aromatic carbocycles. The molecule has 0 radical (unpaired) electrons. The number of hydrogen-bond acceptors (Lipinski definition) is 7. The van der Waals surface area contributed by atoms with E-state index in [4.69, 9.17) is 9.93 Å². The summed E-state index contributed by atoms with van der Waals surface area (Å²) >= 11 is 0. The summed E-state index contributed by atoms with van der Waals surface area (Å²) in [5.74, 6) is 2.17. The topological polar surface area (TPSA) is 107 Å². The summed E-state index contributed by atoms with van der Waals surface area (Å²) in [7, 11) is 1.84. The second-order valence-corrected chi connectivity index (χ2v) is 7.98. The molecule has 1 amide bonds. The van der Waals surface area contributed by atoms with Crippen LogP contribution >= 0.6 is 0 Å². The normalized spacial score (nSPS) is 17.8. The molecular formula is C21H28N6O2. The van der Waals surface area contributed by atoms with Gasteiger partial charge < -0.3 is 25.5 Å². The number of benzene rings is 1. The summed E-state index contributed by atoms with van der Waals surface area (Å²) in [6.07, 6.45) is 2.36. The van der Waals surface area contributed by atoms with Gasteiger partial charge in [-0.05, 0) is 44.8 Å². The Balaban J connectivity index is 1.39. The van der Waals surface area contributed by atoms with Gasteiger partial charge in [-0.3, -0.25) is 4.79 Å². The lowest BCUT2D eigenvalue weighted by Crippen LogP contribution is -2.46. The summed E-state index contributed by atoms with van der Waals surface area (Å²) in [5.41, 5.74) is 3.09. The minimum Gasteiger partial charge on any atom is -0.388 e. The number of anilines is 1. The number of hydrogen-bond donors (Lipinski definition) is 3. The third-order valence-electron chi connectivity index (χ3n) is 5.92. The van der Waals surface area contributed by atoms with Gasteiger partial charge in [-0.1, -0.05) is 17.3 Å². The van der Waals surface area contributed by atoms with Crippen molar-refractivity contribution in [3.63, 3.8) is 0 Å². The summed E-state index contributed by atoms with van der Waals surface area (Å²) < 4.78 is 5.56. The summed E-state index contributed by atoms with van der Waals surface area (Å²) in [6, 6.07) is 5.76. The van der Waals surface area contributed by atoms with Crippen LogP contribution in [-0.4, -0.2) is 59.9 Å². The summed E-state index contributed by atoms with van der Waals surface area (Å²) in [6.45, 7) is 5.19. The fourth-order valence-electron chi connectivity index (χ4n) is 3.98. The molecule has 3 N–H and O–H groups in total. The Labute approximate surface area is 170 Å². The molecule has 4 rings (SSSR count). The van der Waals surface area contributed by atoms with Crippen molar-refractivity contribution in [2.45, 2.75) is 32.1 Å². The third-order valence-corrected chi connectivity index (χ3v) is 5.92. The van der Waals surface area contributed by atoms with Crippen LogP contribution in [0.15, 0.2) is 22.7 Å². The number of amides is 1. The highest BCUT2D eigenvalue weighted by Crippen LogP contribution is 2.30. The zero-order valence-electron chi connectivity index (χ0n) is 17.0. The lowest BCUT2D eigenvalue weighted by atomic mass is 9.94. The molecule has 0 aliphatic carbocycles. The van der Waals surface area contributed by atoms with Gasteiger partial charge in [0.25, 0.3) is 0 Å². The first-order valence-electron chi connectivity index (χ1n) is 10.2. The van der Waals surface area contributed by atoms with Gasteiger partial charge in [-0.15, -0.1) is 0 Å². The molecule has 0 saturated carbocycles. The van der Waals surface area contributed by atoms with Crippen molar-refractivity contribution in [3.05, 3.63) is 29.7 Å². The van der Waals surface area contributed by atoms with Gasteiger partial charge in [0.2, 0.25) is 17.6 Å². The molecule has 2 aliphatic rings. The van der Waals surface area contributed by atoms with E-state index in [1.54, 1.807) is 6.92 Å². The maximum absolute atomic E-state index is 12.4. The Morgan fingerprint density at radius 1 is 1.34 bits per heavy atom. The average Bonchev–Trinajstić information content (AvgIpc) is 3.20. The van der Waals surface area contributed by atoms with Crippen molar-refractivity contribution >= 4 is 17.3 Å². The van der Waals surface area contributed by atoms with Crippen molar-refractivity contribution in [2.75, 3.05) is 38.5 Å². The fourth-order valence-corrected chi connectivity index (χ4v) is 3.98. The van der Waals surface area contributed by atoms with E-state index in [9.17, 15) is 4.79 Å². The molecule has 2 aromatic rings. The van der Waals surface area contributed by atoms with Crippen molar-refractivity contribution in [3.8, 4) is 11.4 Å². The Morgan fingerprint density at radius 3 is 2.72 bits per heavy atom. The molecule has 0 bridgehead atoms. The quantitative estimate of drug-likeness (QED) is 0.648. The lowest BCUT2D eigenvalue weighted by Gasteiger charge is -2.33. The smallest absolute Gasteiger partial charge is 0.230 e. The van der Waals surface area contributed by atoms with E-state index in [0.29, 0.717) is 29.8 Å². The minimum atomic E-state index is 0.192.